The molecule has 0 saturated carbocycles. The number of ether oxygens (including phenoxy) is 1. The molecule has 1 N–H and O–H groups in total. The van der Waals surface area contributed by atoms with E-state index in [9.17, 15) is 4.79 Å². The van der Waals surface area contributed by atoms with Crippen LogP contribution in [0.15, 0.2) is 24.4 Å². The van der Waals surface area contributed by atoms with Gasteiger partial charge in [0.1, 0.15) is 12.4 Å². The summed E-state index contributed by atoms with van der Waals surface area (Å²) in [5, 5.41) is 8.95. The standard InChI is InChI=1S/C14H13ClN2O3/c1-8-4-3-5-11(9(8)2)20-7-12-16-6-10(15)13(17-12)14(18)19/h3-6H,7H2,1-2H3,(H,18,19). The van der Waals surface area contributed by atoms with E-state index in [4.69, 9.17) is 21.4 Å². The van der Waals surface area contributed by atoms with Crippen molar-refractivity contribution in [3.8, 4) is 5.75 Å². The van der Waals surface area contributed by atoms with Crippen molar-refractivity contribution >= 4 is 17.6 Å². The summed E-state index contributed by atoms with van der Waals surface area (Å²) in [6.07, 6.45) is 1.26. The Morgan fingerprint density at radius 1 is 1.40 bits per heavy atom. The molecule has 0 aliphatic carbocycles. The van der Waals surface area contributed by atoms with Gasteiger partial charge in [0.15, 0.2) is 11.5 Å². The van der Waals surface area contributed by atoms with Crippen LogP contribution < -0.4 is 4.74 Å². The van der Waals surface area contributed by atoms with Gasteiger partial charge >= 0.3 is 5.97 Å². The Bertz CT molecular complexity index is 659. The normalized spacial score (nSPS) is 10.3. The molecule has 0 radical (unpaired) electrons. The predicted octanol–water partition coefficient (Wildman–Crippen LogP) is 3.02. The number of carboxylic acid groups (broad SMARTS) is 1. The zero-order chi connectivity index (χ0) is 14.7. The maximum atomic E-state index is 10.9. The number of hydrogen-bond donors (Lipinski definition) is 1. The SMILES string of the molecule is Cc1cccc(OCc2ncc(Cl)c(C(=O)O)n2)c1C. The molecule has 0 aliphatic heterocycles. The van der Waals surface area contributed by atoms with Gasteiger partial charge in [0, 0.05) is 0 Å². The number of benzene rings is 1. The lowest BCUT2D eigenvalue weighted by Gasteiger charge is -2.10. The summed E-state index contributed by atoms with van der Waals surface area (Å²) in [4.78, 5) is 18.8. The molecule has 2 aromatic rings. The van der Waals surface area contributed by atoms with Crippen LogP contribution in [0.1, 0.15) is 27.4 Å². The molecule has 0 saturated heterocycles. The van der Waals surface area contributed by atoms with Crippen LogP contribution in [0.4, 0.5) is 0 Å². The number of carbonyl (C=O) groups is 1. The van der Waals surface area contributed by atoms with Crippen LogP contribution in [0.25, 0.3) is 0 Å². The monoisotopic (exact) mass is 292 g/mol. The highest BCUT2D eigenvalue weighted by atomic mass is 35.5. The Hall–Kier alpha value is -2.14. The minimum absolute atomic E-state index is 0.00739. The summed E-state index contributed by atoms with van der Waals surface area (Å²) in [5.41, 5.74) is 1.92. The molecule has 104 valence electrons. The quantitative estimate of drug-likeness (QED) is 0.938. The van der Waals surface area contributed by atoms with Gasteiger partial charge in [0.25, 0.3) is 0 Å². The van der Waals surface area contributed by atoms with Gasteiger partial charge in [-0.15, -0.1) is 0 Å². The molecule has 5 nitrogen and oxygen atoms in total. The van der Waals surface area contributed by atoms with Crippen molar-refractivity contribution < 1.29 is 14.6 Å². The fourth-order valence-electron chi connectivity index (χ4n) is 1.65. The van der Waals surface area contributed by atoms with Crippen LogP contribution in [0.2, 0.25) is 5.02 Å². The summed E-state index contributed by atoms with van der Waals surface area (Å²) in [5.74, 6) is -0.196. The Morgan fingerprint density at radius 3 is 2.85 bits per heavy atom. The van der Waals surface area contributed by atoms with E-state index in [1.807, 2.05) is 32.0 Å². The first-order valence-corrected chi connectivity index (χ1v) is 6.30. The second-order valence-electron chi connectivity index (χ2n) is 4.27. The van der Waals surface area contributed by atoms with Crippen LogP contribution in [0.3, 0.4) is 0 Å². The van der Waals surface area contributed by atoms with Crippen molar-refractivity contribution in [2.75, 3.05) is 0 Å². The third-order valence-electron chi connectivity index (χ3n) is 2.91. The highest BCUT2D eigenvalue weighted by Gasteiger charge is 2.13. The van der Waals surface area contributed by atoms with Gasteiger partial charge in [-0.25, -0.2) is 14.8 Å². The van der Waals surface area contributed by atoms with E-state index in [0.717, 1.165) is 16.9 Å². The molecule has 20 heavy (non-hydrogen) atoms. The maximum absolute atomic E-state index is 10.9. The maximum Gasteiger partial charge on any atom is 0.356 e. The molecule has 0 amide bonds. The van der Waals surface area contributed by atoms with Crippen LogP contribution in [-0.2, 0) is 6.61 Å². The van der Waals surface area contributed by atoms with Gasteiger partial charge < -0.3 is 9.84 Å². The Morgan fingerprint density at radius 2 is 2.15 bits per heavy atom. The van der Waals surface area contributed by atoms with E-state index in [-0.39, 0.29) is 23.1 Å². The average Bonchev–Trinajstić information content (AvgIpc) is 2.41. The molecule has 0 atom stereocenters. The fourth-order valence-corrected chi connectivity index (χ4v) is 1.82. The summed E-state index contributed by atoms with van der Waals surface area (Å²) in [7, 11) is 0. The van der Waals surface area contributed by atoms with E-state index in [2.05, 4.69) is 9.97 Å². The van der Waals surface area contributed by atoms with Crippen molar-refractivity contribution in [3.05, 3.63) is 52.1 Å². The van der Waals surface area contributed by atoms with Gasteiger partial charge in [-0.2, -0.15) is 0 Å². The van der Waals surface area contributed by atoms with Crippen molar-refractivity contribution in [1.82, 2.24) is 9.97 Å². The van der Waals surface area contributed by atoms with Crippen LogP contribution in [0.5, 0.6) is 5.75 Å². The zero-order valence-electron chi connectivity index (χ0n) is 11.1. The number of aromatic nitrogens is 2. The minimum Gasteiger partial charge on any atom is -0.485 e. The van der Waals surface area contributed by atoms with Gasteiger partial charge in [-0.05, 0) is 31.0 Å². The van der Waals surface area contributed by atoms with Crippen LogP contribution in [-0.4, -0.2) is 21.0 Å². The summed E-state index contributed by atoms with van der Waals surface area (Å²) >= 11 is 5.71. The lowest BCUT2D eigenvalue weighted by atomic mass is 10.1. The van der Waals surface area contributed by atoms with Crippen LogP contribution in [0, 0.1) is 13.8 Å². The Kier molecular flexibility index (Phi) is 4.20. The highest BCUT2D eigenvalue weighted by molar-refractivity contribution is 6.33. The molecule has 1 aromatic heterocycles. The zero-order valence-corrected chi connectivity index (χ0v) is 11.8. The summed E-state index contributed by atoms with van der Waals surface area (Å²) < 4.78 is 5.62. The molecular weight excluding hydrogens is 280 g/mol. The first kappa shape index (κ1) is 14.3. The molecule has 0 bridgehead atoms. The van der Waals surface area contributed by atoms with Crippen molar-refractivity contribution in [1.29, 1.82) is 0 Å². The number of aromatic carboxylic acids is 1. The van der Waals surface area contributed by atoms with Gasteiger partial charge in [-0.1, -0.05) is 23.7 Å². The molecule has 2 rings (SSSR count). The van der Waals surface area contributed by atoms with E-state index in [1.54, 1.807) is 0 Å². The van der Waals surface area contributed by atoms with Crippen molar-refractivity contribution in [2.45, 2.75) is 20.5 Å². The van der Waals surface area contributed by atoms with Crippen molar-refractivity contribution in [2.24, 2.45) is 0 Å². The first-order valence-electron chi connectivity index (χ1n) is 5.92. The molecule has 0 fully saturated rings. The van der Waals surface area contributed by atoms with Gasteiger partial charge in [-0.3, -0.25) is 0 Å². The average molecular weight is 293 g/mol. The van der Waals surface area contributed by atoms with Crippen molar-refractivity contribution in [3.63, 3.8) is 0 Å². The molecule has 0 unspecified atom stereocenters. The number of nitrogens with zero attached hydrogens (tertiary/aromatic N) is 2. The number of halogens is 1. The molecule has 6 heteroatoms. The minimum atomic E-state index is -1.19. The molecule has 1 heterocycles. The second kappa shape index (κ2) is 5.88. The Labute approximate surface area is 121 Å². The summed E-state index contributed by atoms with van der Waals surface area (Å²) in [6.45, 7) is 4.03. The van der Waals surface area contributed by atoms with E-state index < -0.39 is 5.97 Å². The van der Waals surface area contributed by atoms with E-state index in [0.29, 0.717) is 0 Å². The molecule has 0 aliphatic rings. The largest absolute Gasteiger partial charge is 0.485 e. The lowest BCUT2D eigenvalue weighted by molar-refractivity contribution is 0.0689. The number of hydrogen-bond acceptors (Lipinski definition) is 4. The fraction of sp³-hybridized carbons (Fsp3) is 0.214. The molecule has 0 spiro atoms. The topological polar surface area (TPSA) is 72.3 Å². The Balaban J connectivity index is 2.17. The third-order valence-corrected chi connectivity index (χ3v) is 3.18. The van der Waals surface area contributed by atoms with Gasteiger partial charge in [0.2, 0.25) is 0 Å². The van der Waals surface area contributed by atoms with E-state index >= 15 is 0 Å². The summed E-state index contributed by atoms with van der Waals surface area (Å²) in [6, 6.07) is 5.73. The number of carboxylic acids is 1. The second-order valence-corrected chi connectivity index (χ2v) is 4.68. The van der Waals surface area contributed by atoms with E-state index in [1.165, 1.54) is 6.20 Å². The van der Waals surface area contributed by atoms with Crippen LogP contribution >= 0.6 is 11.6 Å². The third kappa shape index (κ3) is 3.05. The molecule has 1 aromatic carbocycles. The first-order chi connectivity index (χ1) is 9.49. The molecular formula is C14H13ClN2O3. The number of aryl methyl sites for hydroxylation is 1. The van der Waals surface area contributed by atoms with Gasteiger partial charge in [0.05, 0.1) is 11.2 Å². The smallest absolute Gasteiger partial charge is 0.356 e. The number of rotatable bonds is 4. The highest BCUT2D eigenvalue weighted by Crippen LogP contribution is 2.21. The lowest BCUT2D eigenvalue weighted by Crippen LogP contribution is -2.08. The predicted molar refractivity (Wildman–Crippen MR) is 74.2 cm³/mol.